The van der Waals surface area contributed by atoms with Crippen LogP contribution >= 0.6 is 27.3 Å². The summed E-state index contributed by atoms with van der Waals surface area (Å²) >= 11 is 4.58. The first-order valence-electron chi connectivity index (χ1n) is 6.07. The molecule has 5 nitrogen and oxygen atoms in total. The summed E-state index contributed by atoms with van der Waals surface area (Å²) < 4.78 is 32.6. The normalized spacial score (nSPS) is 11.7. The minimum absolute atomic E-state index is 0.108. The molecule has 2 aromatic rings. The fraction of sp³-hybridized carbons (Fsp3) is 0.333. The molecule has 2 aromatic heterocycles. The fourth-order valence-electron chi connectivity index (χ4n) is 1.59. The number of halogens is 1. The zero-order valence-electron chi connectivity index (χ0n) is 10.8. The summed E-state index contributed by atoms with van der Waals surface area (Å²) in [5.41, 5.74) is 0.550. The Kier molecular flexibility index (Phi) is 5.25. The largest absolute Gasteiger partial charge is 0.451 e. The van der Waals surface area contributed by atoms with Crippen LogP contribution in [0.2, 0.25) is 0 Å². The van der Waals surface area contributed by atoms with Crippen molar-refractivity contribution >= 4 is 43.0 Å². The lowest BCUT2D eigenvalue weighted by Crippen LogP contribution is -2.13. The summed E-state index contributed by atoms with van der Waals surface area (Å²) in [5.74, 6) is 0.580. The predicted molar refractivity (Wildman–Crippen MR) is 83.5 cm³/mol. The highest BCUT2D eigenvalue weighted by molar-refractivity contribution is 9.10. The van der Waals surface area contributed by atoms with Crippen LogP contribution in [-0.2, 0) is 16.6 Å². The quantitative estimate of drug-likeness (QED) is 0.724. The highest BCUT2D eigenvalue weighted by Gasteiger charge is 2.22. The van der Waals surface area contributed by atoms with E-state index in [9.17, 15) is 8.42 Å². The third-order valence-corrected chi connectivity index (χ3v) is 5.42. The van der Waals surface area contributed by atoms with Gasteiger partial charge in [-0.1, -0.05) is 6.92 Å². The van der Waals surface area contributed by atoms with Gasteiger partial charge in [0, 0.05) is 11.4 Å². The molecule has 2 rings (SSSR count). The third-order valence-electron chi connectivity index (χ3n) is 2.50. The van der Waals surface area contributed by atoms with E-state index in [0.29, 0.717) is 18.0 Å². The van der Waals surface area contributed by atoms with Crippen LogP contribution in [-0.4, -0.2) is 15.0 Å². The number of hydrogen-bond acceptors (Lipinski definition) is 5. The minimum Gasteiger partial charge on any atom is -0.451 e. The second kappa shape index (κ2) is 6.75. The van der Waals surface area contributed by atoms with Crippen molar-refractivity contribution in [1.82, 2.24) is 5.32 Å². The smallest absolute Gasteiger partial charge is 0.266 e. The molecule has 110 valence electrons. The Labute approximate surface area is 130 Å². The van der Waals surface area contributed by atoms with Crippen molar-refractivity contribution in [2.24, 2.45) is 0 Å². The molecule has 2 heterocycles. The SMILES string of the molecule is CCCNCc1cc(S(=O)(=O)Nc2ccsc2)c(Br)o1. The first kappa shape index (κ1) is 15.6. The number of furan rings is 1. The van der Waals surface area contributed by atoms with Crippen molar-refractivity contribution in [2.45, 2.75) is 24.8 Å². The van der Waals surface area contributed by atoms with Crippen LogP contribution in [0.25, 0.3) is 0 Å². The zero-order chi connectivity index (χ0) is 14.6. The van der Waals surface area contributed by atoms with E-state index in [1.807, 2.05) is 5.38 Å². The first-order valence-corrected chi connectivity index (χ1v) is 9.28. The zero-order valence-corrected chi connectivity index (χ0v) is 14.1. The van der Waals surface area contributed by atoms with Crippen LogP contribution in [0.3, 0.4) is 0 Å². The van der Waals surface area contributed by atoms with Gasteiger partial charge in [-0.05, 0) is 40.3 Å². The minimum atomic E-state index is -3.64. The van der Waals surface area contributed by atoms with Crippen molar-refractivity contribution < 1.29 is 12.8 Å². The Morgan fingerprint density at radius 2 is 2.25 bits per heavy atom. The summed E-state index contributed by atoms with van der Waals surface area (Å²) in [7, 11) is -3.64. The van der Waals surface area contributed by atoms with E-state index >= 15 is 0 Å². The molecule has 0 amide bonds. The molecule has 0 atom stereocenters. The molecular formula is C12H15BrN2O3S2. The van der Waals surface area contributed by atoms with Crippen molar-refractivity contribution in [1.29, 1.82) is 0 Å². The van der Waals surface area contributed by atoms with Crippen molar-refractivity contribution in [3.05, 3.63) is 33.3 Å². The van der Waals surface area contributed by atoms with Gasteiger partial charge in [0.25, 0.3) is 10.0 Å². The fourth-order valence-corrected chi connectivity index (χ4v) is 4.30. The van der Waals surface area contributed by atoms with Crippen molar-refractivity contribution in [3.63, 3.8) is 0 Å². The van der Waals surface area contributed by atoms with Gasteiger partial charge in [-0.3, -0.25) is 4.72 Å². The van der Waals surface area contributed by atoms with Crippen molar-refractivity contribution in [2.75, 3.05) is 11.3 Å². The summed E-state index contributed by atoms with van der Waals surface area (Å²) in [5, 5.41) is 6.70. The van der Waals surface area contributed by atoms with Crippen LogP contribution in [0.1, 0.15) is 19.1 Å². The molecule has 2 N–H and O–H groups in total. The molecule has 0 fully saturated rings. The Morgan fingerprint density at radius 3 is 2.90 bits per heavy atom. The van der Waals surface area contributed by atoms with Crippen LogP contribution in [0.15, 0.2) is 36.9 Å². The lowest BCUT2D eigenvalue weighted by molar-refractivity contribution is 0.461. The van der Waals surface area contributed by atoms with Crippen LogP contribution in [0.5, 0.6) is 0 Å². The molecule has 0 aliphatic heterocycles. The van der Waals surface area contributed by atoms with Gasteiger partial charge in [0.1, 0.15) is 10.7 Å². The molecule has 0 saturated heterocycles. The average Bonchev–Trinajstić information content (AvgIpc) is 2.99. The van der Waals surface area contributed by atoms with E-state index < -0.39 is 10.0 Å². The highest BCUT2D eigenvalue weighted by atomic mass is 79.9. The summed E-state index contributed by atoms with van der Waals surface area (Å²) in [4.78, 5) is 0.108. The highest BCUT2D eigenvalue weighted by Crippen LogP contribution is 2.28. The maximum absolute atomic E-state index is 12.2. The van der Waals surface area contributed by atoms with Gasteiger partial charge in [0.2, 0.25) is 0 Å². The summed E-state index contributed by atoms with van der Waals surface area (Å²) in [6.45, 7) is 3.42. The lowest BCUT2D eigenvalue weighted by Gasteiger charge is -2.03. The Balaban J connectivity index is 2.15. The maximum Gasteiger partial charge on any atom is 0.266 e. The molecule has 0 saturated carbocycles. The van der Waals surface area contributed by atoms with E-state index in [4.69, 9.17) is 4.42 Å². The van der Waals surface area contributed by atoms with Gasteiger partial charge < -0.3 is 9.73 Å². The summed E-state index contributed by atoms with van der Waals surface area (Å²) in [6.07, 6.45) is 1.01. The topological polar surface area (TPSA) is 71.3 Å². The number of nitrogens with one attached hydrogen (secondary N) is 2. The second-order valence-corrected chi connectivity index (χ2v) is 7.30. The van der Waals surface area contributed by atoms with Gasteiger partial charge >= 0.3 is 0 Å². The van der Waals surface area contributed by atoms with E-state index in [-0.39, 0.29) is 9.56 Å². The Bertz CT molecular complexity index is 650. The second-order valence-electron chi connectivity index (χ2n) is 4.14. The molecule has 0 aliphatic rings. The third kappa shape index (κ3) is 3.85. The number of sulfonamides is 1. The molecule has 0 aromatic carbocycles. The number of rotatable bonds is 7. The van der Waals surface area contributed by atoms with E-state index in [1.54, 1.807) is 11.4 Å². The molecule has 20 heavy (non-hydrogen) atoms. The lowest BCUT2D eigenvalue weighted by atomic mass is 10.4. The molecule has 0 bridgehead atoms. The Morgan fingerprint density at radius 1 is 1.45 bits per heavy atom. The van der Waals surface area contributed by atoms with Gasteiger partial charge in [0.05, 0.1) is 12.2 Å². The number of hydrogen-bond donors (Lipinski definition) is 2. The standard InChI is InChI=1S/C12H15BrN2O3S2/c1-2-4-14-7-10-6-11(12(13)18-10)20(16,17)15-9-3-5-19-8-9/h3,5-6,8,14-15H,2,4,7H2,1H3. The van der Waals surface area contributed by atoms with Gasteiger partial charge in [0.15, 0.2) is 4.67 Å². The maximum atomic E-state index is 12.2. The monoisotopic (exact) mass is 378 g/mol. The molecule has 8 heteroatoms. The van der Waals surface area contributed by atoms with Gasteiger partial charge in [-0.15, -0.1) is 0 Å². The number of thiophene rings is 1. The molecular weight excluding hydrogens is 364 g/mol. The van der Waals surface area contributed by atoms with Crippen molar-refractivity contribution in [3.8, 4) is 0 Å². The van der Waals surface area contributed by atoms with E-state index in [2.05, 4.69) is 32.9 Å². The van der Waals surface area contributed by atoms with Crippen LogP contribution in [0.4, 0.5) is 5.69 Å². The van der Waals surface area contributed by atoms with E-state index in [0.717, 1.165) is 13.0 Å². The molecule has 0 unspecified atom stereocenters. The molecule has 0 spiro atoms. The molecule has 0 aliphatic carbocycles. The predicted octanol–water partition coefficient (Wildman–Crippen LogP) is 3.40. The van der Waals surface area contributed by atoms with E-state index in [1.165, 1.54) is 17.4 Å². The summed E-state index contributed by atoms with van der Waals surface area (Å²) in [6, 6.07) is 3.24. The van der Waals surface area contributed by atoms with Gasteiger partial charge in [-0.25, -0.2) is 8.42 Å². The number of anilines is 1. The van der Waals surface area contributed by atoms with Gasteiger partial charge in [-0.2, -0.15) is 11.3 Å². The van der Waals surface area contributed by atoms with Crippen LogP contribution < -0.4 is 10.0 Å². The Hall–Kier alpha value is -0.830. The van der Waals surface area contributed by atoms with Crippen LogP contribution in [0, 0.1) is 0 Å². The molecule has 0 radical (unpaired) electrons. The average molecular weight is 379 g/mol. The first-order chi connectivity index (χ1) is 9.53.